The van der Waals surface area contributed by atoms with Crippen LogP contribution in [0.3, 0.4) is 0 Å². The minimum Gasteiger partial charge on any atom is -0.460 e. The maximum atomic E-state index is 12.5. The fourth-order valence-electron chi connectivity index (χ4n) is 4.76. The Balaban J connectivity index is 0.00000164. The van der Waals surface area contributed by atoms with Crippen molar-refractivity contribution in [2.75, 3.05) is 43.9 Å². The molecule has 0 bridgehead atoms. The highest BCUT2D eigenvalue weighted by Crippen LogP contribution is 2.25. The molecule has 10 heteroatoms. The Morgan fingerprint density at radius 1 is 1.18 bits per heavy atom. The standard InChI is InChI=1S/C26H36N8O2.C2H6/c1-17(2)22-16-29-34-23(22)31-26(36-21-8-11-33(3)12-9-21)32-25(34)28-14-18-5-4-6-20(13-18)30-24(35)19-7-10-27-15-19;1-2/h4-6,13,16-17,19,21,27H,7-12,14-15H2,1-3H3,(H,30,35)(H,28,31,32);1-2H3. The van der Waals surface area contributed by atoms with Gasteiger partial charge >= 0.3 is 6.01 Å². The topological polar surface area (TPSA) is 109 Å². The molecular formula is C28H42N8O2. The van der Waals surface area contributed by atoms with Crippen LogP contribution >= 0.6 is 0 Å². The zero-order chi connectivity index (χ0) is 27.1. The predicted octanol–water partition coefficient (Wildman–Crippen LogP) is 3.91. The summed E-state index contributed by atoms with van der Waals surface area (Å²) in [5, 5.41) is 14.3. The van der Waals surface area contributed by atoms with E-state index in [2.05, 4.69) is 46.8 Å². The number of anilines is 2. The van der Waals surface area contributed by atoms with E-state index in [0.717, 1.165) is 67.9 Å². The highest BCUT2D eigenvalue weighted by molar-refractivity contribution is 5.93. The van der Waals surface area contributed by atoms with Crippen molar-refractivity contribution in [3.8, 4) is 6.01 Å². The van der Waals surface area contributed by atoms with Crippen molar-refractivity contribution >= 4 is 23.2 Å². The first-order chi connectivity index (χ1) is 18.5. The molecule has 2 aromatic heterocycles. The molecule has 0 aliphatic carbocycles. The molecule has 38 heavy (non-hydrogen) atoms. The molecule has 2 fully saturated rings. The summed E-state index contributed by atoms with van der Waals surface area (Å²) < 4.78 is 7.98. The molecule has 1 aromatic carbocycles. The summed E-state index contributed by atoms with van der Waals surface area (Å²) >= 11 is 0. The normalized spacial score (nSPS) is 18.3. The Morgan fingerprint density at radius 2 is 1.97 bits per heavy atom. The zero-order valence-corrected chi connectivity index (χ0v) is 23.3. The molecule has 2 aliphatic rings. The van der Waals surface area contributed by atoms with Gasteiger partial charge in [-0.3, -0.25) is 4.79 Å². The van der Waals surface area contributed by atoms with Crippen LogP contribution < -0.4 is 20.7 Å². The number of nitrogens with one attached hydrogen (secondary N) is 3. The average molecular weight is 523 g/mol. The SMILES string of the molecule is CC.CC(C)c1cnn2c(NCc3cccc(NC(=O)C4CCNC4)c3)nc(OC3CCN(C)CC3)nc12. The third-order valence-corrected chi connectivity index (χ3v) is 7.01. The molecule has 0 spiro atoms. The van der Waals surface area contributed by atoms with E-state index in [1.807, 2.05) is 44.3 Å². The number of nitrogens with zero attached hydrogens (tertiary/aromatic N) is 5. The van der Waals surface area contributed by atoms with E-state index in [-0.39, 0.29) is 23.8 Å². The van der Waals surface area contributed by atoms with Gasteiger partial charge in [-0.15, -0.1) is 0 Å². The second-order valence-electron chi connectivity index (χ2n) is 10.2. The van der Waals surface area contributed by atoms with Crippen LogP contribution in [0.15, 0.2) is 30.5 Å². The molecule has 1 amide bonds. The molecule has 5 rings (SSSR count). The number of hydrogen-bond acceptors (Lipinski definition) is 8. The number of hydrogen-bond donors (Lipinski definition) is 3. The molecule has 3 aromatic rings. The van der Waals surface area contributed by atoms with Gasteiger partial charge < -0.3 is 25.6 Å². The van der Waals surface area contributed by atoms with Gasteiger partial charge in [0, 0.05) is 37.4 Å². The lowest BCUT2D eigenvalue weighted by Gasteiger charge is -2.28. The maximum absolute atomic E-state index is 12.5. The van der Waals surface area contributed by atoms with Crippen LogP contribution in [0.5, 0.6) is 6.01 Å². The minimum atomic E-state index is 0.0269. The summed E-state index contributed by atoms with van der Waals surface area (Å²) in [5.41, 5.74) is 3.64. The molecule has 0 radical (unpaired) electrons. The van der Waals surface area contributed by atoms with Crippen LogP contribution in [0, 0.1) is 5.92 Å². The third kappa shape index (κ3) is 6.79. The van der Waals surface area contributed by atoms with Gasteiger partial charge in [-0.1, -0.05) is 39.8 Å². The summed E-state index contributed by atoms with van der Waals surface area (Å²) in [4.78, 5) is 24.2. The number of ether oxygens (including phenoxy) is 1. The number of piperidine rings is 1. The smallest absolute Gasteiger partial charge is 0.322 e. The summed E-state index contributed by atoms with van der Waals surface area (Å²) in [5.74, 6) is 0.952. The Morgan fingerprint density at radius 3 is 2.68 bits per heavy atom. The van der Waals surface area contributed by atoms with Crippen LogP contribution in [0.25, 0.3) is 5.65 Å². The van der Waals surface area contributed by atoms with Gasteiger partial charge in [-0.2, -0.15) is 19.6 Å². The predicted molar refractivity (Wildman–Crippen MR) is 151 cm³/mol. The Bertz CT molecular complexity index is 1200. The molecule has 0 saturated carbocycles. The number of amides is 1. The highest BCUT2D eigenvalue weighted by Gasteiger charge is 2.23. The highest BCUT2D eigenvalue weighted by atomic mass is 16.5. The first kappa shape index (κ1) is 27.8. The van der Waals surface area contributed by atoms with E-state index in [1.165, 1.54) is 0 Å². The Labute approximate surface area is 225 Å². The van der Waals surface area contributed by atoms with E-state index in [1.54, 1.807) is 4.52 Å². The first-order valence-corrected chi connectivity index (χ1v) is 13.9. The van der Waals surface area contributed by atoms with Crippen molar-refractivity contribution in [2.45, 2.75) is 65.5 Å². The molecule has 10 nitrogen and oxygen atoms in total. The largest absolute Gasteiger partial charge is 0.460 e. The third-order valence-electron chi connectivity index (χ3n) is 7.01. The van der Waals surface area contributed by atoms with Gasteiger partial charge in [-0.25, -0.2) is 0 Å². The zero-order valence-electron chi connectivity index (χ0n) is 23.3. The van der Waals surface area contributed by atoms with Crippen molar-refractivity contribution < 1.29 is 9.53 Å². The van der Waals surface area contributed by atoms with Crippen LogP contribution in [-0.4, -0.2) is 69.7 Å². The molecule has 3 N–H and O–H groups in total. The molecule has 2 saturated heterocycles. The summed E-state index contributed by atoms with van der Waals surface area (Å²) in [6, 6.07) is 8.27. The van der Waals surface area contributed by atoms with E-state index >= 15 is 0 Å². The maximum Gasteiger partial charge on any atom is 0.322 e. The fourth-order valence-corrected chi connectivity index (χ4v) is 4.76. The molecular weight excluding hydrogens is 480 g/mol. The van der Waals surface area contributed by atoms with Crippen molar-refractivity contribution in [1.82, 2.24) is 29.8 Å². The molecule has 1 atom stereocenters. The average Bonchev–Trinajstić information content (AvgIpc) is 3.61. The van der Waals surface area contributed by atoms with E-state index < -0.39 is 0 Å². The monoisotopic (exact) mass is 522 g/mol. The second kappa shape index (κ2) is 13.0. The number of fused-ring (bicyclic) bond motifs is 1. The number of likely N-dealkylation sites (tertiary alicyclic amines) is 1. The number of aromatic nitrogens is 4. The number of carbonyl (C=O) groups excluding carboxylic acids is 1. The Kier molecular flexibility index (Phi) is 9.52. The van der Waals surface area contributed by atoms with Crippen LogP contribution in [0.4, 0.5) is 11.6 Å². The van der Waals surface area contributed by atoms with Gasteiger partial charge in [0.1, 0.15) is 6.10 Å². The van der Waals surface area contributed by atoms with Gasteiger partial charge in [0.25, 0.3) is 0 Å². The molecule has 4 heterocycles. The van der Waals surface area contributed by atoms with Gasteiger partial charge in [0.15, 0.2) is 5.65 Å². The van der Waals surface area contributed by atoms with Crippen molar-refractivity contribution in [3.63, 3.8) is 0 Å². The lowest BCUT2D eigenvalue weighted by molar-refractivity contribution is -0.119. The minimum absolute atomic E-state index is 0.0269. The Hall–Kier alpha value is -3.24. The quantitative estimate of drug-likeness (QED) is 0.409. The van der Waals surface area contributed by atoms with E-state index in [4.69, 9.17) is 14.7 Å². The number of carbonyl (C=O) groups is 1. The lowest BCUT2D eigenvalue weighted by atomic mass is 10.1. The van der Waals surface area contributed by atoms with Crippen molar-refractivity contribution in [1.29, 1.82) is 0 Å². The summed E-state index contributed by atoms with van der Waals surface area (Å²) in [7, 11) is 2.13. The number of benzene rings is 1. The van der Waals surface area contributed by atoms with Crippen molar-refractivity contribution in [2.24, 2.45) is 5.92 Å². The summed E-state index contributed by atoms with van der Waals surface area (Å²) in [6.07, 6.45) is 4.75. The molecule has 1 unspecified atom stereocenters. The molecule has 206 valence electrons. The van der Waals surface area contributed by atoms with Crippen LogP contribution in [-0.2, 0) is 11.3 Å². The van der Waals surface area contributed by atoms with E-state index in [9.17, 15) is 4.79 Å². The second-order valence-corrected chi connectivity index (χ2v) is 10.2. The van der Waals surface area contributed by atoms with Gasteiger partial charge in [0.05, 0.1) is 12.1 Å². The van der Waals surface area contributed by atoms with Crippen LogP contribution in [0.1, 0.15) is 64.0 Å². The van der Waals surface area contributed by atoms with Crippen LogP contribution in [0.2, 0.25) is 0 Å². The van der Waals surface area contributed by atoms with Gasteiger partial charge in [-0.05, 0) is 56.5 Å². The summed E-state index contributed by atoms with van der Waals surface area (Å²) in [6.45, 7) is 12.4. The van der Waals surface area contributed by atoms with E-state index in [0.29, 0.717) is 18.5 Å². The number of rotatable bonds is 8. The molecule has 2 aliphatic heterocycles. The first-order valence-electron chi connectivity index (χ1n) is 13.9. The fraction of sp³-hybridized carbons (Fsp3) is 0.571. The lowest BCUT2D eigenvalue weighted by Crippen LogP contribution is -2.36. The van der Waals surface area contributed by atoms with Gasteiger partial charge in [0.2, 0.25) is 11.9 Å². The van der Waals surface area contributed by atoms with Crippen molar-refractivity contribution in [3.05, 3.63) is 41.6 Å².